The highest BCUT2D eigenvalue weighted by Crippen LogP contribution is 2.35. The number of aromatic nitrogens is 2. The Labute approximate surface area is 159 Å². The Bertz CT molecular complexity index is 939. The molecule has 2 aromatic carbocycles. The van der Waals surface area contributed by atoms with Crippen molar-refractivity contribution in [3.8, 4) is 11.4 Å². The minimum Gasteiger partial charge on any atom is -0.491 e. The van der Waals surface area contributed by atoms with E-state index in [1.54, 1.807) is 17.8 Å². The number of carbonyl (C=O) groups is 1. The van der Waals surface area contributed by atoms with E-state index in [1.807, 2.05) is 30.3 Å². The highest BCUT2D eigenvalue weighted by molar-refractivity contribution is 5.93. The van der Waals surface area contributed by atoms with E-state index in [4.69, 9.17) is 4.74 Å². The molecule has 0 aliphatic heterocycles. The van der Waals surface area contributed by atoms with Crippen LogP contribution in [0.5, 0.6) is 5.75 Å². The molecule has 3 aromatic rings. The minimum absolute atomic E-state index is 0.106. The number of benzene rings is 2. The first kappa shape index (κ1) is 19.5. The van der Waals surface area contributed by atoms with Crippen molar-refractivity contribution in [2.75, 3.05) is 6.61 Å². The Morgan fingerprint density at radius 1 is 1.14 bits per heavy atom. The molecule has 0 radical (unpaired) electrons. The number of para-hydroxylation sites is 2. The third kappa shape index (κ3) is 4.70. The van der Waals surface area contributed by atoms with E-state index >= 15 is 0 Å². The number of halogens is 3. The van der Waals surface area contributed by atoms with Crippen molar-refractivity contribution in [1.82, 2.24) is 15.1 Å². The quantitative estimate of drug-likeness (QED) is 0.691. The number of nitrogens with zero attached hydrogens (tertiary/aromatic N) is 2. The average Bonchev–Trinajstić information content (AvgIpc) is 3.17. The molecule has 0 aliphatic carbocycles. The van der Waals surface area contributed by atoms with Crippen LogP contribution in [0.3, 0.4) is 0 Å². The molecule has 3 rings (SSSR count). The zero-order valence-corrected chi connectivity index (χ0v) is 15.0. The SMILES string of the molecule is CC(COc1ccccc1C(F)(F)F)NC(=O)c1cnn(-c2ccccc2)c1. The van der Waals surface area contributed by atoms with Crippen LogP contribution in [0.4, 0.5) is 13.2 Å². The van der Waals surface area contributed by atoms with Crippen LogP contribution < -0.4 is 10.1 Å². The number of amides is 1. The minimum atomic E-state index is -4.50. The maximum Gasteiger partial charge on any atom is 0.419 e. The summed E-state index contributed by atoms with van der Waals surface area (Å²) in [7, 11) is 0. The predicted octanol–water partition coefficient (Wildman–Crippen LogP) is 4.09. The van der Waals surface area contributed by atoms with Gasteiger partial charge in [0.15, 0.2) is 0 Å². The molecule has 8 heteroatoms. The lowest BCUT2D eigenvalue weighted by molar-refractivity contribution is -0.139. The van der Waals surface area contributed by atoms with Gasteiger partial charge in [-0.05, 0) is 31.2 Å². The van der Waals surface area contributed by atoms with Crippen LogP contribution in [-0.2, 0) is 6.18 Å². The summed E-state index contributed by atoms with van der Waals surface area (Å²) in [4.78, 5) is 12.3. The third-order valence-electron chi connectivity index (χ3n) is 3.92. The Balaban J connectivity index is 1.59. The summed E-state index contributed by atoms with van der Waals surface area (Å²) >= 11 is 0. The number of hydrogen-bond donors (Lipinski definition) is 1. The summed E-state index contributed by atoms with van der Waals surface area (Å²) in [5, 5.41) is 6.84. The first-order valence-electron chi connectivity index (χ1n) is 8.54. The summed E-state index contributed by atoms with van der Waals surface area (Å²) in [5.41, 5.74) is 0.297. The van der Waals surface area contributed by atoms with Crippen LogP contribution in [0.2, 0.25) is 0 Å². The molecular formula is C20H18F3N3O2. The highest BCUT2D eigenvalue weighted by atomic mass is 19.4. The number of ether oxygens (including phenoxy) is 1. The van der Waals surface area contributed by atoms with Gasteiger partial charge in [-0.15, -0.1) is 0 Å². The fourth-order valence-corrected chi connectivity index (χ4v) is 2.55. The number of alkyl halides is 3. The van der Waals surface area contributed by atoms with Crippen LogP contribution in [0.25, 0.3) is 5.69 Å². The molecule has 1 amide bonds. The smallest absolute Gasteiger partial charge is 0.419 e. The number of rotatable bonds is 6. The fourth-order valence-electron chi connectivity index (χ4n) is 2.55. The molecule has 0 aliphatic rings. The summed E-state index contributed by atoms with van der Waals surface area (Å²) < 4.78 is 45.8. The van der Waals surface area contributed by atoms with Crippen molar-refractivity contribution in [3.05, 3.63) is 78.1 Å². The summed E-state index contributed by atoms with van der Waals surface area (Å²) in [6, 6.07) is 13.7. The maximum atomic E-state index is 13.0. The Morgan fingerprint density at radius 3 is 2.54 bits per heavy atom. The molecule has 1 heterocycles. The number of carbonyl (C=O) groups excluding carboxylic acids is 1. The first-order chi connectivity index (χ1) is 13.3. The van der Waals surface area contributed by atoms with Crippen molar-refractivity contribution in [2.24, 2.45) is 0 Å². The number of hydrogen-bond acceptors (Lipinski definition) is 3. The molecule has 0 saturated heterocycles. The van der Waals surface area contributed by atoms with E-state index in [0.29, 0.717) is 5.56 Å². The van der Waals surface area contributed by atoms with Gasteiger partial charge in [-0.1, -0.05) is 30.3 Å². The fraction of sp³-hybridized carbons (Fsp3) is 0.200. The number of nitrogens with one attached hydrogen (secondary N) is 1. The van der Waals surface area contributed by atoms with Crippen LogP contribution in [0.15, 0.2) is 67.0 Å². The second-order valence-electron chi connectivity index (χ2n) is 6.19. The van der Waals surface area contributed by atoms with Gasteiger partial charge in [-0.3, -0.25) is 4.79 Å². The largest absolute Gasteiger partial charge is 0.491 e. The summed E-state index contributed by atoms with van der Waals surface area (Å²) in [5.74, 6) is -0.657. The molecule has 28 heavy (non-hydrogen) atoms. The zero-order chi connectivity index (χ0) is 20.1. The molecule has 0 bridgehead atoms. The normalized spacial score (nSPS) is 12.4. The molecule has 1 aromatic heterocycles. The lowest BCUT2D eigenvalue weighted by atomic mass is 10.2. The second-order valence-corrected chi connectivity index (χ2v) is 6.19. The molecule has 146 valence electrons. The van der Waals surface area contributed by atoms with E-state index in [1.165, 1.54) is 24.4 Å². The van der Waals surface area contributed by atoms with E-state index in [9.17, 15) is 18.0 Å². The summed E-state index contributed by atoms with van der Waals surface area (Å²) in [6.07, 6.45) is -1.50. The lowest BCUT2D eigenvalue weighted by Crippen LogP contribution is -2.36. The lowest BCUT2D eigenvalue weighted by Gasteiger charge is -2.17. The van der Waals surface area contributed by atoms with E-state index in [-0.39, 0.29) is 18.3 Å². The van der Waals surface area contributed by atoms with Crippen molar-refractivity contribution >= 4 is 5.91 Å². The maximum absolute atomic E-state index is 13.0. The van der Waals surface area contributed by atoms with E-state index in [2.05, 4.69) is 10.4 Å². The van der Waals surface area contributed by atoms with Gasteiger partial charge < -0.3 is 10.1 Å². The van der Waals surface area contributed by atoms with Gasteiger partial charge in [-0.25, -0.2) is 4.68 Å². The van der Waals surface area contributed by atoms with Crippen LogP contribution in [0.1, 0.15) is 22.8 Å². The molecule has 0 fully saturated rings. The zero-order valence-electron chi connectivity index (χ0n) is 15.0. The first-order valence-corrected chi connectivity index (χ1v) is 8.54. The summed E-state index contributed by atoms with van der Waals surface area (Å²) in [6.45, 7) is 1.54. The molecule has 1 N–H and O–H groups in total. The highest BCUT2D eigenvalue weighted by Gasteiger charge is 2.34. The van der Waals surface area contributed by atoms with Crippen molar-refractivity contribution in [3.63, 3.8) is 0 Å². The molecule has 0 saturated carbocycles. The molecule has 1 atom stereocenters. The van der Waals surface area contributed by atoms with E-state index < -0.39 is 17.8 Å². The average molecular weight is 389 g/mol. The predicted molar refractivity (Wildman–Crippen MR) is 97.4 cm³/mol. The van der Waals surface area contributed by atoms with Gasteiger partial charge in [0.25, 0.3) is 5.91 Å². The van der Waals surface area contributed by atoms with Gasteiger partial charge in [-0.2, -0.15) is 18.3 Å². The molecular weight excluding hydrogens is 371 g/mol. The van der Waals surface area contributed by atoms with Gasteiger partial charge in [0.2, 0.25) is 0 Å². The molecule has 0 spiro atoms. The monoisotopic (exact) mass is 389 g/mol. The topological polar surface area (TPSA) is 56.1 Å². The Hall–Kier alpha value is -3.29. The van der Waals surface area contributed by atoms with Crippen molar-refractivity contribution in [2.45, 2.75) is 19.1 Å². The van der Waals surface area contributed by atoms with Gasteiger partial charge in [0.1, 0.15) is 12.4 Å². The third-order valence-corrected chi connectivity index (χ3v) is 3.92. The Morgan fingerprint density at radius 2 is 1.82 bits per heavy atom. The van der Waals surface area contributed by atoms with Gasteiger partial charge in [0, 0.05) is 6.20 Å². The molecule has 1 unspecified atom stereocenters. The second kappa shape index (κ2) is 8.16. The molecule has 5 nitrogen and oxygen atoms in total. The Kier molecular flexibility index (Phi) is 5.67. The van der Waals surface area contributed by atoms with Crippen LogP contribution >= 0.6 is 0 Å². The van der Waals surface area contributed by atoms with Crippen LogP contribution in [-0.4, -0.2) is 28.3 Å². The van der Waals surface area contributed by atoms with Crippen molar-refractivity contribution < 1.29 is 22.7 Å². The van der Waals surface area contributed by atoms with Crippen LogP contribution in [0, 0.1) is 0 Å². The van der Waals surface area contributed by atoms with Gasteiger partial charge in [0.05, 0.1) is 29.1 Å². The van der Waals surface area contributed by atoms with Gasteiger partial charge >= 0.3 is 6.18 Å². The standard InChI is InChI=1S/C20H18F3N3O2/c1-14(13-28-18-10-6-5-9-17(18)20(21,22)23)25-19(27)15-11-24-26(12-15)16-7-3-2-4-8-16/h2-12,14H,13H2,1H3,(H,25,27). The van der Waals surface area contributed by atoms with Crippen molar-refractivity contribution in [1.29, 1.82) is 0 Å². The van der Waals surface area contributed by atoms with E-state index in [0.717, 1.165) is 11.8 Å².